The summed E-state index contributed by atoms with van der Waals surface area (Å²) in [4.78, 5) is 17.4. The summed E-state index contributed by atoms with van der Waals surface area (Å²) in [6, 6.07) is 7.44. The number of aromatic amines is 1. The molecule has 0 bridgehead atoms. The van der Waals surface area contributed by atoms with Crippen LogP contribution in [-0.4, -0.2) is 42.1 Å². The molecule has 5 heteroatoms. The fourth-order valence-electron chi connectivity index (χ4n) is 2.81. The molecule has 1 aliphatic rings. The molecule has 1 saturated heterocycles. The maximum Gasteiger partial charge on any atom is 0.270 e. The lowest BCUT2D eigenvalue weighted by atomic mass is 10.1. The molecule has 112 valence electrons. The number of hydrogen-bond donors (Lipinski definition) is 2. The van der Waals surface area contributed by atoms with Gasteiger partial charge in [-0.15, -0.1) is 0 Å². The van der Waals surface area contributed by atoms with Crippen molar-refractivity contribution >= 4 is 22.5 Å². The lowest BCUT2D eigenvalue weighted by Crippen LogP contribution is -2.37. The highest BCUT2D eigenvalue weighted by atomic mass is 16.5. The minimum absolute atomic E-state index is 0.0149. The zero-order valence-electron chi connectivity index (χ0n) is 12.3. The second kappa shape index (κ2) is 5.77. The first-order valence-electron chi connectivity index (χ1n) is 7.39. The number of benzene rings is 1. The average Bonchev–Trinajstić information content (AvgIpc) is 2.90. The number of carbonyl (C=O) groups is 1. The summed E-state index contributed by atoms with van der Waals surface area (Å²) >= 11 is 0. The average molecular weight is 287 g/mol. The fraction of sp³-hybridized carbons (Fsp3) is 0.438. The Bertz CT molecular complexity index is 644. The molecule has 0 radical (unpaired) electrons. The molecule has 1 amide bonds. The molecule has 1 unspecified atom stereocenters. The largest absolute Gasteiger partial charge is 0.399 e. The van der Waals surface area contributed by atoms with Crippen LogP contribution >= 0.6 is 0 Å². The molecule has 0 spiro atoms. The molecule has 0 aliphatic carbocycles. The van der Waals surface area contributed by atoms with Gasteiger partial charge < -0.3 is 20.4 Å². The molecule has 0 saturated carbocycles. The van der Waals surface area contributed by atoms with Crippen LogP contribution in [0, 0.1) is 0 Å². The first-order valence-corrected chi connectivity index (χ1v) is 7.39. The maximum atomic E-state index is 12.5. The van der Waals surface area contributed by atoms with Gasteiger partial charge in [0.25, 0.3) is 5.91 Å². The Labute approximate surface area is 124 Å². The Kier molecular flexibility index (Phi) is 3.84. The monoisotopic (exact) mass is 287 g/mol. The van der Waals surface area contributed by atoms with Crippen molar-refractivity contribution in [2.24, 2.45) is 0 Å². The Balaban J connectivity index is 1.72. The van der Waals surface area contributed by atoms with E-state index in [4.69, 9.17) is 10.5 Å². The van der Waals surface area contributed by atoms with Crippen LogP contribution in [0.4, 0.5) is 5.69 Å². The number of nitrogens with one attached hydrogen (secondary N) is 1. The molecular weight excluding hydrogens is 266 g/mol. The number of nitrogens with two attached hydrogens (primary N) is 1. The van der Waals surface area contributed by atoms with Gasteiger partial charge in [-0.3, -0.25) is 4.79 Å². The summed E-state index contributed by atoms with van der Waals surface area (Å²) in [5.41, 5.74) is 7.98. The van der Waals surface area contributed by atoms with Crippen molar-refractivity contribution in [3.05, 3.63) is 30.0 Å². The number of nitrogens with zero attached hydrogens (tertiary/aromatic N) is 1. The molecule has 3 N–H and O–H groups in total. The number of fused-ring (bicyclic) bond motifs is 1. The number of hydrogen-bond acceptors (Lipinski definition) is 3. The van der Waals surface area contributed by atoms with Crippen LogP contribution in [0.15, 0.2) is 24.3 Å². The van der Waals surface area contributed by atoms with Crippen LogP contribution < -0.4 is 5.73 Å². The number of amides is 1. The smallest absolute Gasteiger partial charge is 0.270 e. The third-order valence-electron chi connectivity index (χ3n) is 3.97. The zero-order valence-corrected chi connectivity index (χ0v) is 12.3. The predicted octanol–water partition coefficient (Wildman–Crippen LogP) is 2.39. The second-order valence-electron chi connectivity index (χ2n) is 5.70. The number of aromatic nitrogens is 1. The molecule has 1 fully saturated rings. The molecule has 1 aromatic carbocycles. The van der Waals surface area contributed by atoms with Crippen molar-refractivity contribution < 1.29 is 9.53 Å². The summed E-state index contributed by atoms with van der Waals surface area (Å²) in [5.74, 6) is -0.0149. The number of carbonyl (C=O) groups excluding carboxylic acids is 1. The van der Waals surface area contributed by atoms with E-state index >= 15 is 0 Å². The number of anilines is 1. The van der Waals surface area contributed by atoms with Gasteiger partial charge in [0.05, 0.1) is 6.10 Å². The molecule has 2 heterocycles. The van der Waals surface area contributed by atoms with Gasteiger partial charge in [-0.1, -0.05) is 0 Å². The van der Waals surface area contributed by atoms with E-state index in [0.717, 1.165) is 30.4 Å². The second-order valence-corrected chi connectivity index (χ2v) is 5.70. The van der Waals surface area contributed by atoms with Crippen LogP contribution in [0.3, 0.4) is 0 Å². The molecule has 5 nitrogen and oxygen atoms in total. The fourth-order valence-corrected chi connectivity index (χ4v) is 2.81. The molecular formula is C16H21N3O2. The predicted molar refractivity (Wildman–Crippen MR) is 83.3 cm³/mol. The maximum absolute atomic E-state index is 12.5. The van der Waals surface area contributed by atoms with Gasteiger partial charge in [-0.2, -0.15) is 0 Å². The Morgan fingerprint density at radius 3 is 3.05 bits per heavy atom. The standard InChI is InChI=1S/C16H21N3O2/c1-19(10-13-4-2-3-7-21-13)16(20)15-9-11-8-12(17)5-6-14(11)18-15/h5-6,8-9,13,18H,2-4,7,10,17H2,1H3. The quantitative estimate of drug-likeness (QED) is 0.851. The van der Waals surface area contributed by atoms with E-state index in [1.165, 1.54) is 6.42 Å². The summed E-state index contributed by atoms with van der Waals surface area (Å²) in [6.07, 6.45) is 3.49. The summed E-state index contributed by atoms with van der Waals surface area (Å²) in [7, 11) is 1.82. The van der Waals surface area contributed by atoms with E-state index in [0.29, 0.717) is 17.9 Å². The highest BCUT2D eigenvalue weighted by Crippen LogP contribution is 2.20. The molecule has 1 aliphatic heterocycles. The molecule has 1 aromatic heterocycles. The lowest BCUT2D eigenvalue weighted by Gasteiger charge is -2.27. The van der Waals surface area contributed by atoms with E-state index in [9.17, 15) is 4.79 Å². The van der Waals surface area contributed by atoms with Crippen molar-refractivity contribution in [3.63, 3.8) is 0 Å². The van der Waals surface area contributed by atoms with Crippen molar-refractivity contribution in [2.75, 3.05) is 25.9 Å². The van der Waals surface area contributed by atoms with Crippen LogP contribution in [0.2, 0.25) is 0 Å². The van der Waals surface area contributed by atoms with E-state index in [-0.39, 0.29) is 12.0 Å². The highest BCUT2D eigenvalue weighted by Gasteiger charge is 2.20. The van der Waals surface area contributed by atoms with Gasteiger partial charge >= 0.3 is 0 Å². The number of H-pyrrole nitrogens is 1. The van der Waals surface area contributed by atoms with Gasteiger partial charge in [-0.05, 0) is 43.5 Å². The van der Waals surface area contributed by atoms with Crippen molar-refractivity contribution in [2.45, 2.75) is 25.4 Å². The Morgan fingerprint density at radius 2 is 2.29 bits per heavy atom. The SMILES string of the molecule is CN(CC1CCCCO1)C(=O)c1cc2cc(N)ccc2[nH]1. The summed E-state index contributed by atoms with van der Waals surface area (Å²) < 4.78 is 5.69. The van der Waals surface area contributed by atoms with Crippen molar-refractivity contribution in [1.29, 1.82) is 0 Å². The lowest BCUT2D eigenvalue weighted by molar-refractivity contribution is -0.000272. The van der Waals surface area contributed by atoms with E-state index in [1.807, 2.05) is 31.3 Å². The highest BCUT2D eigenvalue weighted by molar-refractivity contribution is 5.98. The molecule has 2 aromatic rings. The van der Waals surface area contributed by atoms with Crippen LogP contribution in [0.5, 0.6) is 0 Å². The van der Waals surface area contributed by atoms with Gasteiger partial charge in [-0.25, -0.2) is 0 Å². The van der Waals surface area contributed by atoms with Gasteiger partial charge in [0.1, 0.15) is 5.69 Å². The summed E-state index contributed by atoms with van der Waals surface area (Å²) in [6.45, 7) is 1.44. The van der Waals surface area contributed by atoms with Gasteiger partial charge in [0, 0.05) is 36.8 Å². The Morgan fingerprint density at radius 1 is 1.43 bits per heavy atom. The van der Waals surface area contributed by atoms with Gasteiger partial charge in [0.2, 0.25) is 0 Å². The normalized spacial score (nSPS) is 18.8. The third-order valence-corrected chi connectivity index (χ3v) is 3.97. The van der Waals surface area contributed by atoms with E-state index in [1.54, 1.807) is 4.90 Å². The van der Waals surface area contributed by atoms with Gasteiger partial charge in [0.15, 0.2) is 0 Å². The van der Waals surface area contributed by atoms with Crippen LogP contribution in [0.1, 0.15) is 29.8 Å². The zero-order chi connectivity index (χ0) is 14.8. The summed E-state index contributed by atoms with van der Waals surface area (Å²) in [5, 5.41) is 0.959. The molecule has 3 rings (SSSR count). The van der Waals surface area contributed by atoms with Crippen molar-refractivity contribution in [1.82, 2.24) is 9.88 Å². The number of ether oxygens (including phenoxy) is 1. The topological polar surface area (TPSA) is 71.3 Å². The van der Waals surface area contributed by atoms with E-state index < -0.39 is 0 Å². The van der Waals surface area contributed by atoms with Crippen molar-refractivity contribution in [3.8, 4) is 0 Å². The number of rotatable bonds is 3. The van der Waals surface area contributed by atoms with Crippen LogP contribution in [-0.2, 0) is 4.74 Å². The Hall–Kier alpha value is -2.01. The first kappa shape index (κ1) is 13.9. The number of nitrogen functional groups attached to an aromatic ring is 1. The minimum Gasteiger partial charge on any atom is -0.399 e. The number of likely N-dealkylation sites (N-methyl/N-ethyl adjacent to an activating group) is 1. The minimum atomic E-state index is -0.0149. The van der Waals surface area contributed by atoms with E-state index in [2.05, 4.69) is 4.98 Å². The molecule has 21 heavy (non-hydrogen) atoms. The van der Waals surface area contributed by atoms with Crippen LogP contribution in [0.25, 0.3) is 10.9 Å². The first-order chi connectivity index (χ1) is 10.1. The third kappa shape index (κ3) is 3.03. The molecule has 1 atom stereocenters.